The van der Waals surface area contributed by atoms with Gasteiger partial charge in [0.15, 0.2) is 0 Å². The number of nitrogens with one attached hydrogen (secondary N) is 1. The van der Waals surface area contributed by atoms with E-state index in [0.717, 1.165) is 44.0 Å². The van der Waals surface area contributed by atoms with Gasteiger partial charge >= 0.3 is 0 Å². The molecule has 29 heavy (non-hydrogen) atoms. The number of hydrogen-bond acceptors (Lipinski definition) is 6. The first-order valence-corrected chi connectivity index (χ1v) is 10.4. The normalized spacial score (nSPS) is 16.0. The Morgan fingerprint density at radius 1 is 1.03 bits per heavy atom. The molecule has 0 radical (unpaired) electrons. The van der Waals surface area contributed by atoms with Crippen molar-refractivity contribution in [3.8, 4) is 11.5 Å². The summed E-state index contributed by atoms with van der Waals surface area (Å²) in [4.78, 5) is 4.96. The molecule has 2 heterocycles. The molecular weight excluding hydrogens is 362 g/mol. The topological polar surface area (TPSA) is 57.4 Å². The van der Waals surface area contributed by atoms with Crippen LogP contribution in [0.1, 0.15) is 31.3 Å². The van der Waals surface area contributed by atoms with Crippen molar-refractivity contribution in [3.63, 3.8) is 0 Å². The number of piperazine rings is 1. The summed E-state index contributed by atoms with van der Waals surface area (Å²) in [6.45, 7) is 12.0. The van der Waals surface area contributed by atoms with Gasteiger partial charge in [0.25, 0.3) is 0 Å². The molecule has 1 saturated heterocycles. The molecule has 0 amide bonds. The van der Waals surface area contributed by atoms with Crippen molar-refractivity contribution in [3.05, 3.63) is 60.0 Å². The van der Waals surface area contributed by atoms with E-state index in [4.69, 9.17) is 4.42 Å². The third-order valence-corrected chi connectivity index (χ3v) is 5.60. The van der Waals surface area contributed by atoms with Crippen LogP contribution in [0.3, 0.4) is 0 Å². The van der Waals surface area contributed by atoms with E-state index in [0.29, 0.717) is 11.8 Å². The van der Waals surface area contributed by atoms with Gasteiger partial charge in [0, 0.05) is 43.1 Å². The van der Waals surface area contributed by atoms with Gasteiger partial charge in [-0.05, 0) is 56.3 Å². The second-order valence-corrected chi connectivity index (χ2v) is 7.60. The molecule has 3 aromatic rings. The molecule has 1 unspecified atom stereocenters. The fourth-order valence-corrected chi connectivity index (χ4v) is 3.73. The monoisotopic (exact) mass is 391 g/mol. The van der Waals surface area contributed by atoms with Crippen LogP contribution < -0.4 is 10.2 Å². The van der Waals surface area contributed by atoms with Gasteiger partial charge in [0.2, 0.25) is 11.8 Å². The molecule has 1 aromatic heterocycles. The lowest BCUT2D eigenvalue weighted by molar-refractivity contribution is 0.271. The van der Waals surface area contributed by atoms with Crippen molar-refractivity contribution in [2.45, 2.75) is 26.8 Å². The average Bonchev–Trinajstić information content (AvgIpc) is 3.26. The van der Waals surface area contributed by atoms with E-state index in [2.05, 4.69) is 57.4 Å². The molecule has 1 atom stereocenters. The van der Waals surface area contributed by atoms with Crippen molar-refractivity contribution in [1.82, 2.24) is 15.1 Å². The van der Waals surface area contributed by atoms with Gasteiger partial charge in [-0.15, -0.1) is 10.2 Å². The van der Waals surface area contributed by atoms with Gasteiger partial charge in [0.1, 0.15) is 6.04 Å². The standard InChI is InChI=1S/C23H29N5O/c1-4-27-12-14-28(15-13-27)20-10-11-21(17(2)16-20)24-18(3)22-25-26-23(29-22)19-8-6-5-7-9-19/h5-11,16,18,24H,4,12-15H2,1-3H3. The average molecular weight is 392 g/mol. The number of anilines is 2. The largest absolute Gasteiger partial charge is 0.418 e. The van der Waals surface area contributed by atoms with Crippen LogP contribution >= 0.6 is 0 Å². The van der Waals surface area contributed by atoms with E-state index >= 15 is 0 Å². The molecule has 1 N–H and O–H groups in total. The Balaban J connectivity index is 1.42. The highest BCUT2D eigenvalue weighted by Crippen LogP contribution is 2.27. The lowest BCUT2D eigenvalue weighted by atomic mass is 10.1. The summed E-state index contributed by atoms with van der Waals surface area (Å²) in [6.07, 6.45) is 0. The lowest BCUT2D eigenvalue weighted by Gasteiger charge is -2.35. The summed E-state index contributed by atoms with van der Waals surface area (Å²) in [5.74, 6) is 1.13. The number of aromatic nitrogens is 2. The second kappa shape index (κ2) is 8.66. The van der Waals surface area contributed by atoms with Crippen LogP contribution in [0.25, 0.3) is 11.5 Å². The van der Waals surface area contributed by atoms with Gasteiger partial charge in [-0.1, -0.05) is 25.1 Å². The van der Waals surface area contributed by atoms with Gasteiger partial charge in [-0.25, -0.2) is 0 Å². The van der Waals surface area contributed by atoms with E-state index in [-0.39, 0.29) is 6.04 Å². The summed E-state index contributed by atoms with van der Waals surface area (Å²) in [7, 11) is 0. The van der Waals surface area contributed by atoms with Crippen molar-refractivity contribution in [2.75, 3.05) is 42.9 Å². The van der Waals surface area contributed by atoms with Crippen LogP contribution in [0.15, 0.2) is 52.9 Å². The Hall–Kier alpha value is -2.86. The zero-order valence-corrected chi connectivity index (χ0v) is 17.4. The highest BCUT2D eigenvalue weighted by Gasteiger charge is 2.18. The molecule has 1 fully saturated rings. The number of benzene rings is 2. The van der Waals surface area contributed by atoms with Gasteiger partial charge in [0.05, 0.1) is 0 Å². The summed E-state index contributed by atoms with van der Waals surface area (Å²) < 4.78 is 5.89. The minimum Gasteiger partial charge on any atom is -0.418 e. The SMILES string of the molecule is CCN1CCN(c2ccc(NC(C)c3nnc(-c4ccccc4)o3)c(C)c2)CC1. The minimum atomic E-state index is -0.0717. The van der Waals surface area contributed by atoms with Crippen LogP contribution in [0.5, 0.6) is 0 Å². The Morgan fingerprint density at radius 3 is 2.48 bits per heavy atom. The van der Waals surface area contributed by atoms with Crippen LogP contribution in [-0.4, -0.2) is 47.8 Å². The number of aryl methyl sites for hydroxylation is 1. The molecule has 0 aliphatic carbocycles. The summed E-state index contributed by atoms with van der Waals surface area (Å²) in [5, 5.41) is 11.9. The van der Waals surface area contributed by atoms with Crippen LogP contribution in [0, 0.1) is 6.92 Å². The minimum absolute atomic E-state index is 0.0717. The lowest BCUT2D eigenvalue weighted by Crippen LogP contribution is -2.46. The first-order chi connectivity index (χ1) is 14.1. The van der Waals surface area contributed by atoms with E-state index in [1.807, 2.05) is 37.3 Å². The predicted molar refractivity (Wildman–Crippen MR) is 117 cm³/mol. The Bertz CT molecular complexity index is 931. The van der Waals surface area contributed by atoms with E-state index in [1.165, 1.54) is 11.3 Å². The Labute approximate surface area is 172 Å². The summed E-state index contributed by atoms with van der Waals surface area (Å²) >= 11 is 0. The highest BCUT2D eigenvalue weighted by molar-refractivity contribution is 5.61. The van der Waals surface area contributed by atoms with Gasteiger partial charge in [-0.3, -0.25) is 0 Å². The van der Waals surface area contributed by atoms with Gasteiger partial charge < -0.3 is 19.5 Å². The fourth-order valence-electron chi connectivity index (χ4n) is 3.73. The molecule has 0 saturated carbocycles. The summed E-state index contributed by atoms with van der Waals surface area (Å²) in [5.41, 5.74) is 4.53. The Morgan fingerprint density at radius 2 is 1.79 bits per heavy atom. The molecule has 0 spiro atoms. The smallest absolute Gasteiger partial charge is 0.247 e. The first-order valence-electron chi connectivity index (χ1n) is 10.4. The maximum Gasteiger partial charge on any atom is 0.247 e. The fraction of sp³-hybridized carbons (Fsp3) is 0.391. The zero-order chi connectivity index (χ0) is 20.2. The highest BCUT2D eigenvalue weighted by atomic mass is 16.4. The molecule has 4 rings (SSSR count). The maximum absolute atomic E-state index is 5.89. The molecule has 0 bridgehead atoms. The molecule has 1 aliphatic rings. The van der Waals surface area contributed by atoms with Gasteiger partial charge in [-0.2, -0.15) is 0 Å². The van der Waals surface area contributed by atoms with Crippen LogP contribution in [-0.2, 0) is 0 Å². The van der Waals surface area contributed by atoms with E-state index < -0.39 is 0 Å². The van der Waals surface area contributed by atoms with Crippen molar-refractivity contribution >= 4 is 11.4 Å². The molecule has 2 aromatic carbocycles. The van der Waals surface area contributed by atoms with E-state index in [9.17, 15) is 0 Å². The van der Waals surface area contributed by atoms with Crippen LogP contribution in [0.2, 0.25) is 0 Å². The number of rotatable bonds is 6. The predicted octanol–water partition coefficient (Wildman–Crippen LogP) is 4.36. The molecule has 6 nitrogen and oxygen atoms in total. The first kappa shape index (κ1) is 19.5. The number of nitrogens with zero attached hydrogens (tertiary/aromatic N) is 4. The van der Waals surface area contributed by atoms with Crippen LogP contribution in [0.4, 0.5) is 11.4 Å². The molecule has 1 aliphatic heterocycles. The Kier molecular flexibility index (Phi) is 5.81. The molecular formula is C23H29N5O. The zero-order valence-electron chi connectivity index (χ0n) is 17.4. The van der Waals surface area contributed by atoms with E-state index in [1.54, 1.807) is 0 Å². The maximum atomic E-state index is 5.89. The summed E-state index contributed by atoms with van der Waals surface area (Å²) in [6, 6.07) is 16.4. The third-order valence-electron chi connectivity index (χ3n) is 5.60. The second-order valence-electron chi connectivity index (χ2n) is 7.60. The number of likely N-dealkylation sites (N-methyl/N-ethyl adjacent to an activating group) is 1. The van der Waals surface area contributed by atoms with Crippen molar-refractivity contribution in [1.29, 1.82) is 0 Å². The van der Waals surface area contributed by atoms with Crippen molar-refractivity contribution < 1.29 is 4.42 Å². The number of hydrogen-bond donors (Lipinski definition) is 1. The molecule has 152 valence electrons. The quantitative estimate of drug-likeness (QED) is 0.674. The molecule has 6 heteroatoms. The van der Waals surface area contributed by atoms with Crippen molar-refractivity contribution in [2.24, 2.45) is 0 Å². The third kappa shape index (κ3) is 4.43.